The number of carbonyl (C=O) groups is 1. The van der Waals surface area contributed by atoms with Crippen molar-refractivity contribution in [1.29, 1.82) is 0 Å². The topological polar surface area (TPSA) is 90.7 Å². The van der Waals surface area contributed by atoms with Gasteiger partial charge in [0.25, 0.3) is 11.6 Å². The molecule has 0 aliphatic carbocycles. The number of nitro benzene ring substituents is 1. The van der Waals surface area contributed by atoms with E-state index >= 15 is 0 Å². The van der Waals surface area contributed by atoms with E-state index < -0.39 is 16.9 Å². The predicted molar refractivity (Wildman–Crippen MR) is 97.5 cm³/mol. The van der Waals surface area contributed by atoms with Crippen molar-refractivity contribution in [2.45, 2.75) is 13.0 Å². The number of non-ortho nitro benzene ring substituents is 1. The Morgan fingerprint density at radius 3 is 2.56 bits per heavy atom. The maximum atomic E-state index is 12.3. The van der Waals surface area contributed by atoms with Crippen molar-refractivity contribution in [2.24, 2.45) is 0 Å². The summed E-state index contributed by atoms with van der Waals surface area (Å²) in [6.45, 7) is 1.54. The van der Waals surface area contributed by atoms with Crippen LogP contribution in [0.15, 0.2) is 40.9 Å². The second-order valence-electron chi connectivity index (χ2n) is 4.97. The van der Waals surface area contributed by atoms with E-state index in [1.165, 1.54) is 32.2 Å². The Morgan fingerprint density at radius 1 is 1.28 bits per heavy atom. The smallest absolute Gasteiger partial charge is 0.271 e. The molecule has 0 aliphatic rings. The van der Waals surface area contributed by atoms with Gasteiger partial charge in [-0.2, -0.15) is 0 Å². The van der Waals surface area contributed by atoms with Gasteiger partial charge in [-0.3, -0.25) is 14.9 Å². The van der Waals surface area contributed by atoms with Crippen LogP contribution in [0.2, 0.25) is 5.02 Å². The Balaban J connectivity index is 2.15. The molecule has 0 unspecified atom stereocenters. The lowest BCUT2D eigenvalue weighted by Gasteiger charge is -2.17. The van der Waals surface area contributed by atoms with Crippen molar-refractivity contribution in [3.63, 3.8) is 0 Å². The van der Waals surface area contributed by atoms with Crippen LogP contribution >= 0.6 is 27.5 Å². The minimum atomic E-state index is -0.886. The third kappa shape index (κ3) is 4.83. The zero-order valence-electron chi connectivity index (χ0n) is 13.3. The van der Waals surface area contributed by atoms with Gasteiger partial charge >= 0.3 is 0 Å². The Kier molecular flexibility index (Phi) is 6.22. The number of methoxy groups -OCH3 is 1. The molecule has 7 nitrogen and oxygen atoms in total. The van der Waals surface area contributed by atoms with Gasteiger partial charge in [0.1, 0.15) is 11.5 Å². The molecule has 0 saturated carbocycles. The Bertz CT molecular complexity index is 815. The fourth-order valence-electron chi connectivity index (χ4n) is 1.96. The van der Waals surface area contributed by atoms with Crippen LogP contribution in [0.5, 0.6) is 11.5 Å². The molecule has 0 aromatic heterocycles. The van der Waals surface area contributed by atoms with Crippen LogP contribution in [-0.4, -0.2) is 24.0 Å². The maximum Gasteiger partial charge on any atom is 0.271 e. The number of benzene rings is 2. The number of halogens is 2. The van der Waals surface area contributed by atoms with E-state index in [0.717, 1.165) is 4.47 Å². The van der Waals surface area contributed by atoms with Crippen LogP contribution < -0.4 is 14.8 Å². The summed E-state index contributed by atoms with van der Waals surface area (Å²) in [6, 6.07) is 8.92. The molecule has 0 radical (unpaired) electrons. The molecule has 0 saturated heterocycles. The number of anilines is 1. The van der Waals surface area contributed by atoms with Crippen LogP contribution in [0, 0.1) is 10.1 Å². The zero-order chi connectivity index (χ0) is 18.6. The van der Waals surface area contributed by atoms with Gasteiger partial charge in [0.2, 0.25) is 0 Å². The number of nitro groups is 1. The first kappa shape index (κ1) is 19.0. The summed E-state index contributed by atoms with van der Waals surface area (Å²) < 4.78 is 11.4. The van der Waals surface area contributed by atoms with Crippen molar-refractivity contribution >= 4 is 44.8 Å². The molecule has 0 fully saturated rings. The number of amides is 1. The maximum absolute atomic E-state index is 12.3. The Morgan fingerprint density at radius 2 is 1.96 bits per heavy atom. The molecule has 1 N–H and O–H groups in total. The number of ether oxygens (including phenoxy) is 2. The third-order valence-electron chi connectivity index (χ3n) is 3.22. The lowest BCUT2D eigenvalue weighted by molar-refractivity contribution is -0.384. The largest absolute Gasteiger partial charge is 0.495 e. The Hall–Kier alpha value is -2.32. The Labute approximate surface area is 157 Å². The van der Waals surface area contributed by atoms with Gasteiger partial charge in [-0.1, -0.05) is 27.5 Å². The van der Waals surface area contributed by atoms with Crippen molar-refractivity contribution in [3.8, 4) is 11.5 Å². The average Bonchev–Trinajstić information content (AvgIpc) is 2.57. The predicted octanol–water partition coefficient (Wildman–Crippen LogP) is 4.43. The molecular formula is C16H14BrClN2O5. The summed E-state index contributed by atoms with van der Waals surface area (Å²) in [5.41, 5.74) is 0.0136. The van der Waals surface area contributed by atoms with Crippen LogP contribution in [0.4, 0.5) is 11.4 Å². The van der Waals surface area contributed by atoms with Gasteiger partial charge in [0.05, 0.1) is 22.7 Å². The van der Waals surface area contributed by atoms with E-state index in [1.807, 2.05) is 0 Å². The highest BCUT2D eigenvalue weighted by atomic mass is 79.9. The molecule has 2 rings (SSSR count). The van der Waals surface area contributed by atoms with E-state index in [0.29, 0.717) is 16.5 Å². The normalized spacial score (nSPS) is 11.5. The fraction of sp³-hybridized carbons (Fsp3) is 0.188. The lowest BCUT2D eigenvalue weighted by Crippen LogP contribution is -2.30. The first-order valence-electron chi connectivity index (χ1n) is 7.07. The number of hydrogen-bond donors (Lipinski definition) is 1. The molecule has 132 valence electrons. The molecule has 1 amide bonds. The molecule has 0 bridgehead atoms. The van der Waals surface area contributed by atoms with Gasteiger partial charge < -0.3 is 14.8 Å². The minimum absolute atomic E-state index is 0.166. The standard InChI is InChI=1S/C16H14BrClN2O5/c1-9(25-14-5-3-10(17)7-12(14)18)16(21)19-13-8-11(20(22)23)4-6-15(13)24-2/h3-9H,1-2H3,(H,19,21)/t9-/m1/s1. The van der Waals surface area contributed by atoms with Gasteiger partial charge in [0, 0.05) is 16.6 Å². The highest BCUT2D eigenvalue weighted by molar-refractivity contribution is 9.10. The van der Waals surface area contributed by atoms with E-state index in [9.17, 15) is 14.9 Å². The van der Waals surface area contributed by atoms with Gasteiger partial charge in [-0.25, -0.2) is 0 Å². The molecule has 0 aliphatic heterocycles. The number of nitrogens with one attached hydrogen (secondary N) is 1. The SMILES string of the molecule is COc1ccc([N+](=O)[O-])cc1NC(=O)[C@@H](C)Oc1ccc(Br)cc1Cl. The summed E-state index contributed by atoms with van der Waals surface area (Å²) in [5.74, 6) is 0.143. The van der Waals surface area contributed by atoms with Crippen molar-refractivity contribution in [3.05, 3.63) is 56.0 Å². The summed E-state index contributed by atoms with van der Waals surface area (Å²) in [5, 5.41) is 13.8. The van der Waals surface area contributed by atoms with Crippen LogP contribution in [-0.2, 0) is 4.79 Å². The van der Waals surface area contributed by atoms with Gasteiger partial charge in [0.15, 0.2) is 6.10 Å². The van der Waals surface area contributed by atoms with Crippen LogP contribution in [0.25, 0.3) is 0 Å². The lowest BCUT2D eigenvalue weighted by atomic mass is 10.2. The second-order valence-corrected chi connectivity index (χ2v) is 6.29. The molecule has 0 heterocycles. The molecule has 25 heavy (non-hydrogen) atoms. The van der Waals surface area contributed by atoms with Crippen LogP contribution in [0.3, 0.4) is 0 Å². The van der Waals surface area contributed by atoms with Gasteiger partial charge in [-0.05, 0) is 31.2 Å². The number of carbonyl (C=O) groups excluding carboxylic acids is 1. The average molecular weight is 430 g/mol. The quantitative estimate of drug-likeness (QED) is 0.542. The second kappa shape index (κ2) is 8.17. The summed E-state index contributed by atoms with van der Waals surface area (Å²) in [6.07, 6.45) is -0.886. The number of hydrogen-bond acceptors (Lipinski definition) is 5. The molecule has 2 aromatic carbocycles. The van der Waals surface area contributed by atoms with E-state index in [-0.39, 0.29) is 11.4 Å². The zero-order valence-corrected chi connectivity index (χ0v) is 15.6. The van der Waals surface area contributed by atoms with Crippen molar-refractivity contribution < 1.29 is 19.2 Å². The third-order valence-corrected chi connectivity index (χ3v) is 4.01. The van der Waals surface area contributed by atoms with E-state index in [2.05, 4.69) is 21.2 Å². The van der Waals surface area contributed by atoms with E-state index in [4.69, 9.17) is 21.1 Å². The monoisotopic (exact) mass is 428 g/mol. The number of nitrogens with zero attached hydrogens (tertiary/aromatic N) is 1. The van der Waals surface area contributed by atoms with Crippen LogP contribution in [0.1, 0.15) is 6.92 Å². The number of rotatable bonds is 6. The minimum Gasteiger partial charge on any atom is -0.495 e. The molecule has 0 spiro atoms. The summed E-state index contributed by atoms with van der Waals surface area (Å²) >= 11 is 9.34. The molecule has 1 atom stereocenters. The first-order valence-corrected chi connectivity index (χ1v) is 8.24. The fourth-order valence-corrected chi connectivity index (χ4v) is 2.67. The first-order chi connectivity index (χ1) is 11.8. The van der Waals surface area contributed by atoms with Crippen molar-refractivity contribution in [2.75, 3.05) is 12.4 Å². The van der Waals surface area contributed by atoms with Crippen molar-refractivity contribution in [1.82, 2.24) is 0 Å². The summed E-state index contributed by atoms with van der Waals surface area (Å²) in [7, 11) is 1.40. The molecule has 9 heteroatoms. The van der Waals surface area contributed by atoms with E-state index in [1.54, 1.807) is 18.2 Å². The van der Waals surface area contributed by atoms with Gasteiger partial charge in [-0.15, -0.1) is 0 Å². The molecule has 2 aromatic rings. The highest BCUT2D eigenvalue weighted by Gasteiger charge is 2.19. The highest BCUT2D eigenvalue weighted by Crippen LogP contribution is 2.30. The summed E-state index contributed by atoms with van der Waals surface area (Å²) in [4.78, 5) is 22.7. The molecular weight excluding hydrogens is 416 g/mol.